The average Bonchev–Trinajstić information content (AvgIpc) is 2.87. The van der Waals surface area contributed by atoms with Gasteiger partial charge >= 0.3 is 5.95 Å². The number of hydrogen-bond donors (Lipinski definition) is 4. The third-order valence-electron chi connectivity index (χ3n) is 2.83. The summed E-state index contributed by atoms with van der Waals surface area (Å²) < 4.78 is 0.842. The molecule has 3 rings (SSSR count). The number of carbonyl (C=O) groups excluding carboxylic acids is 1. The van der Waals surface area contributed by atoms with E-state index < -0.39 is 0 Å². The van der Waals surface area contributed by atoms with E-state index in [1.165, 1.54) is 0 Å². The third-order valence-corrected chi connectivity index (χ3v) is 3.45. The number of hydrogen-bond acceptors (Lipinski definition) is 2. The molecule has 2 aromatic rings. The van der Waals surface area contributed by atoms with E-state index in [9.17, 15) is 4.79 Å². The van der Waals surface area contributed by atoms with Gasteiger partial charge in [0.1, 0.15) is 17.6 Å². The minimum absolute atomic E-state index is 0.120. The van der Waals surface area contributed by atoms with Crippen LogP contribution in [0.2, 0.25) is 0 Å². The largest absolute Gasteiger partial charge is 0.356 e. The molecule has 18 heavy (non-hydrogen) atoms. The summed E-state index contributed by atoms with van der Waals surface area (Å²) in [4.78, 5) is 20.7. The van der Waals surface area contributed by atoms with Crippen LogP contribution in [-0.2, 0) is 0 Å². The number of imidazole rings is 1. The van der Waals surface area contributed by atoms with E-state index in [4.69, 9.17) is 5.73 Å². The van der Waals surface area contributed by atoms with E-state index in [-0.39, 0.29) is 5.91 Å². The first-order chi connectivity index (χ1) is 8.66. The van der Waals surface area contributed by atoms with Crippen LogP contribution in [0.25, 0.3) is 5.57 Å². The molecule has 3 heterocycles. The van der Waals surface area contributed by atoms with Crippen LogP contribution in [0.15, 0.2) is 22.9 Å². The fraction of sp³-hybridized carbons (Fsp3) is 0.0909. The summed E-state index contributed by atoms with van der Waals surface area (Å²) in [5, 5.41) is 2.80. The second kappa shape index (κ2) is 4.02. The first-order valence-corrected chi connectivity index (χ1v) is 6.18. The van der Waals surface area contributed by atoms with Crippen molar-refractivity contribution in [1.82, 2.24) is 15.3 Å². The number of anilines is 1. The summed E-state index contributed by atoms with van der Waals surface area (Å²) in [6.07, 6.45) is 5.47. The number of carbonyl (C=O) groups is 1. The molecule has 0 unspecified atom stereocenters. The van der Waals surface area contributed by atoms with Gasteiger partial charge in [0.15, 0.2) is 0 Å². The highest BCUT2D eigenvalue weighted by Gasteiger charge is 2.24. The molecule has 0 radical (unpaired) electrons. The molecule has 0 aromatic carbocycles. The first-order valence-electron chi connectivity index (χ1n) is 5.39. The SMILES string of the molecule is Nc1[nH]c(C2=CCNC(=O)c3[nH]cc(Br)c32)c[nH+]1. The molecule has 0 saturated heterocycles. The second-order valence-electron chi connectivity index (χ2n) is 3.96. The topological polar surface area (TPSA) is 101 Å². The monoisotopic (exact) mass is 308 g/mol. The van der Waals surface area contributed by atoms with Gasteiger partial charge in [0.2, 0.25) is 0 Å². The number of aromatic nitrogens is 3. The zero-order valence-electron chi connectivity index (χ0n) is 9.30. The third kappa shape index (κ3) is 1.63. The first kappa shape index (κ1) is 11.1. The Morgan fingerprint density at radius 2 is 2.28 bits per heavy atom. The number of nitrogens with one attached hydrogen (secondary N) is 4. The zero-order valence-corrected chi connectivity index (χ0v) is 10.9. The van der Waals surface area contributed by atoms with E-state index in [1.807, 2.05) is 6.08 Å². The van der Waals surface area contributed by atoms with Gasteiger partial charge in [0.25, 0.3) is 5.91 Å². The molecule has 1 aliphatic rings. The van der Waals surface area contributed by atoms with Crippen molar-refractivity contribution in [2.45, 2.75) is 0 Å². The highest BCUT2D eigenvalue weighted by molar-refractivity contribution is 9.10. The van der Waals surface area contributed by atoms with E-state index in [1.54, 1.807) is 12.4 Å². The summed E-state index contributed by atoms with van der Waals surface area (Å²) in [5.74, 6) is 0.355. The van der Waals surface area contributed by atoms with E-state index >= 15 is 0 Å². The van der Waals surface area contributed by atoms with Crippen molar-refractivity contribution in [2.24, 2.45) is 0 Å². The van der Waals surface area contributed by atoms with Crippen molar-refractivity contribution in [3.05, 3.63) is 39.9 Å². The number of amides is 1. The molecule has 0 fully saturated rings. The number of nitrogen functional groups attached to an aromatic ring is 1. The Balaban J connectivity index is 2.20. The van der Waals surface area contributed by atoms with Crippen LogP contribution in [0.1, 0.15) is 21.7 Å². The Morgan fingerprint density at radius 3 is 3.00 bits per heavy atom. The van der Waals surface area contributed by atoms with Crippen molar-refractivity contribution in [2.75, 3.05) is 12.3 Å². The molecule has 1 amide bonds. The second-order valence-corrected chi connectivity index (χ2v) is 4.81. The van der Waals surface area contributed by atoms with Gasteiger partial charge in [-0.1, -0.05) is 6.08 Å². The molecule has 0 spiro atoms. The maximum Gasteiger partial charge on any atom is 0.350 e. The molecule has 0 aliphatic carbocycles. The van der Waals surface area contributed by atoms with Gasteiger partial charge in [-0.05, 0) is 15.9 Å². The van der Waals surface area contributed by atoms with E-state index in [2.05, 4.69) is 36.2 Å². The lowest BCUT2D eigenvalue weighted by Crippen LogP contribution is -2.22. The van der Waals surface area contributed by atoms with Gasteiger partial charge in [-0.3, -0.25) is 10.5 Å². The zero-order chi connectivity index (χ0) is 12.7. The average molecular weight is 309 g/mol. The minimum Gasteiger partial charge on any atom is -0.356 e. The number of aromatic amines is 3. The van der Waals surface area contributed by atoms with Gasteiger partial charge in [-0.25, -0.2) is 9.97 Å². The lowest BCUT2D eigenvalue weighted by atomic mass is 10.0. The van der Waals surface area contributed by atoms with E-state index in [0.717, 1.165) is 21.3 Å². The molecule has 6 nitrogen and oxygen atoms in total. The van der Waals surface area contributed by atoms with Crippen LogP contribution >= 0.6 is 15.9 Å². The molecule has 92 valence electrons. The maximum absolute atomic E-state index is 11.9. The molecule has 6 N–H and O–H groups in total. The maximum atomic E-state index is 11.9. The van der Waals surface area contributed by atoms with Crippen LogP contribution in [-0.4, -0.2) is 22.4 Å². The molecular formula is C11H11BrN5O+. The Labute approximate surface area is 111 Å². The number of nitrogens with two attached hydrogens (primary N) is 1. The molecular weight excluding hydrogens is 298 g/mol. The van der Waals surface area contributed by atoms with Crippen LogP contribution in [0.4, 0.5) is 5.95 Å². The summed E-state index contributed by atoms with van der Waals surface area (Å²) in [5.41, 5.74) is 8.78. The molecule has 0 bridgehead atoms. The van der Waals surface area contributed by atoms with Crippen molar-refractivity contribution in [3.8, 4) is 0 Å². The quantitative estimate of drug-likeness (QED) is 0.622. The number of H-pyrrole nitrogens is 3. The molecule has 1 aliphatic heterocycles. The number of halogens is 1. The van der Waals surface area contributed by atoms with Crippen LogP contribution < -0.4 is 16.0 Å². The highest BCUT2D eigenvalue weighted by Crippen LogP contribution is 2.32. The molecule has 2 aromatic heterocycles. The summed E-state index contributed by atoms with van der Waals surface area (Å²) in [6, 6.07) is 0. The summed E-state index contributed by atoms with van der Waals surface area (Å²) >= 11 is 3.45. The smallest absolute Gasteiger partial charge is 0.350 e. The Bertz CT molecular complexity index is 654. The van der Waals surface area contributed by atoms with Gasteiger partial charge in [0.05, 0.1) is 0 Å². The number of fused-ring (bicyclic) bond motifs is 1. The van der Waals surface area contributed by atoms with Gasteiger partial charge < -0.3 is 10.3 Å². The molecule has 7 heteroatoms. The van der Waals surface area contributed by atoms with Crippen molar-refractivity contribution >= 4 is 33.4 Å². The van der Waals surface area contributed by atoms with Crippen LogP contribution in [0, 0.1) is 0 Å². The normalized spacial score (nSPS) is 14.7. The van der Waals surface area contributed by atoms with Gasteiger partial charge in [-0.15, -0.1) is 0 Å². The standard InChI is InChI=1S/C11H10BrN5O/c12-6-3-15-9-8(6)5(1-2-14-10(9)18)7-4-16-11(13)17-7/h1,3-4,15H,2H2,(H,14,18)(H3,13,16,17)/p+1. The van der Waals surface area contributed by atoms with Crippen molar-refractivity contribution in [1.29, 1.82) is 0 Å². The van der Waals surface area contributed by atoms with Crippen LogP contribution in [0.5, 0.6) is 0 Å². The lowest BCUT2D eigenvalue weighted by Gasteiger charge is -2.02. The van der Waals surface area contributed by atoms with Crippen LogP contribution in [0.3, 0.4) is 0 Å². The van der Waals surface area contributed by atoms with Crippen molar-refractivity contribution < 1.29 is 9.78 Å². The predicted octanol–water partition coefficient (Wildman–Crippen LogP) is 0.677. The number of rotatable bonds is 1. The Morgan fingerprint density at radius 1 is 1.44 bits per heavy atom. The Hall–Kier alpha value is -2.02. The fourth-order valence-electron chi connectivity index (χ4n) is 2.03. The molecule has 0 saturated carbocycles. The fourth-order valence-corrected chi connectivity index (χ4v) is 2.56. The Kier molecular flexibility index (Phi) is 2.48. The summed E-state index contributed by atoms with van der Waals surface area (Å²) in [7, 11) is 0. The highest BCUT2D eigenvalue weighted by atomic mass is 79.9. The molecule has 0 atom stereocenters. The van der Waals surface area contributed by atoms with Crippen molar-refractivity contribution in [3.63, 3.8) is 0 Å². The van der Waals surface area contributed by atoms with E-state index in [0.29, 0.717) is 18.2 Å². The predicted molar refractivity (Wildman–Crippen MR) is 69.7 cm³/mol. The summed E-state index contributed by atoms with van der Waals surface area (Å²) in [6.45, 7) is 0.474. The van der Waals surface area contributed by atoms with Gasteiger partial charge in [-0.2, -0.15) is 0 Å². The minimum atomic E-state index is -0.120. The lowest BCUT2D eigenvalue weighted by molar-refractivity contribution is -0.358. The van der Waals surface area contributed by atoms with Gasteiger partial charge in [0, 0.05) is 28.4 Å².